The maximum atomic E-state index is 13.6. The summed E-state index contributed by atoms with van der Waals surface area (Å²) in [6.07, 6.45) is 2.56. The van der Waals surface area contributed by atoms with Gasteiger partial charge in [0, 0.05) is 13.0 Å². The molecule has 0 unspecified atom stereocenters. The van der Waals surface area contributed by atoms with E-state index in [0.717, 1.165) is 4.90 Å². The number of nitrogens with zero attached hydrogens (tertiary/aromatic N) is 1. The molecule has 8 amide bonds. The molecule has 0 bridgehead atoms. The third-order valence-corrected chi connectivity index (χ3v) is 9.60. The number of hydrogen-bond acceptors (Lipinski definition) is 12. The Balaban J connectivity index is 3.08. The van der Waals surface area contributed by atoms with E-state index in [4.69, 9.17) is 11.5 Å². The van der Waals surface area contributed by atoms with Gasteiger partial charge in [-0.05, 0) is 55.9 Å². The van der Waals surface area contributed by atoms with E-state index in [1.54, 1.807) is 27.7 Å². The Hall–Kier alpha value is -4.50. The van der Waals surface area contributed by atoms with Crippen LogP contribution >= 0.6 is 11.8 Å². The first-order chi connectivity index (χ1) is 25.9. The molecule has 21 heteroatoms. The molecule has 1 saturated heterocycles. The van der Waals surface area contributed by atoms with Crippen LogP contribution < -0.4 is 43.4 Å². The van der Waals surface area contributed by atoms with E-state index in [1.807, 2.05) is 6.26 Å². The Kier molecular flexibility index (Phi) is 21.9. The molecular weight excluding hydrogens is 742 g/mol. The highest BCUT2D eigenvalue weighted by Gasteiger charge is 2.39. The Morgan fingerprint density at radius 2 is 1.47 bits per heavy atom. The average Bonchev–Trinajstić information content (AvgIpc) is 3.64. The van der Waals surface area contributed by atoms with Crippen LogP contribution in [0.3, 0.4) is 0 Å². The molecule has 1 fully saturated rings. The SMILES string of the molecule is CC[C@H](C)[C@H](NC(=O)[C@H](CCC(N)=O)NC(=O)[C@@H]1CCCN1C(=O)[C@H](CO)NC(=O)CNC(=O)[C@H](CCSC)NC(=O)CN)C(=O)N[C@@H](CC(C)C)C(=O)O. The van der Waals surface area contributed by atoms with Crippen molar-refractivity contribution in [2.75, 3.05) is 38.2 Å². The molecule has 20 nitrogen and oxygen atoms in total. The highest BCUT2D eigenvalue weighted by molar-refractivity contribution is 7.98. The second-order valence-electron chi connectivity index (χ2n) is 13.8. The number of carboxylic acids is 1. The number of aliphatic hydroxyl groups excluding tert-OH is 1. The summed E-state index contributed by atoms with van der Waals surface area (Å²) >= 11 is 1.44. The van der Waals surface area contributed by atoms with Crippen molar-refractivity contribution in [2.45, 2.75) is 109 Å². The quantitative estimate of drug-likeness (QED) is 0.0433. The van der Waals surface area contributed by atoms with Gasteiger partial charge in [0.2, 0.25) is 47.3 Å². The molecule has 55 heavy (non-hydrogen) atoms. The molecule has 0 aromatic rings. The van der Waals surface area contributed by atoms with E-state index in [9.17, 15) is 53.4 Å². The van der Waals surface area contributed by atoms with Gasteiger partial charge in [-0.3, -0.25) is 38.4 Å². The molecule has 1 aliphatic rings. The first-order valence-electron chi connectivity index (χ1n) is 18.3. The van der Waals surface area contributed by atoms with E-state index < -0.39 is 109 Å². The fourth-order valence-corrected chi connectivity index (χ4v) is 6.19. The topological polar surface area (TPSA) is 322 Å². The molecule has 0 aliphatic carbocycles. The number of primary amides is 1. The molecule has 1 heterocycles. The lowest BCUT2D eigenvalue weighted by atomic mass is 9.96. The molecule has 0 aromatic carbocycles. The summed E-state index contributed by atoms with van der Waals surface area (Å²) < 4.78 is 0. The predicted octanol–water partition coefficient (Wildman–Crippen LogP) is -3.34. The highest BCUT2D eigenvalue weighted by Crippen LogP contribution is 2.20. The summed E-state index contributed by atoms with van der Waals surface area (Å²) in [6, 6.07) is -7.41. The molecule has 1 rings (SSSR count). The standard InChI is InChI=1S/C34H59N9O11S/c1-6-19(4)28(32(51)41-22(34(53)54)14-18(2)3)42-30(49)20(9-10-25(36)45)40-31(50)24-8-7-12-43(24)33(52)23(17-44)39-27(47)16-37-29(48)21(11-13-55-5)38-26(46)15-35/h18-24,28,44H,6-17,35H2,1-5H3,(H2,36,45)(H,37,48)(H,38,46)(H,39,47)(H,40,50)(H,41,51)(H,42,49)(H,53,54)/t19-,20-,21-,22-,23-,24-,28-/m0/s1. The number of carbonyl (C=O) groups excluding carboxylic acids is 8. The summed E-state index contributed by atoms with van der Waals surface area (Å²) in [4.78, 5) is 116. The minimum absolute atomic E-state index is 0.0591. The minimum atomic E-state index is -1.50. The number of hydrogen-bond donors (Lipinski definition) is 10. The van der Waals surface area contributed by atoms with Crippen molar-refractivity contribution >= 4 is 65.0 Å². The highest BCUT2D eigenvalue weighted by atomic mass is 32.2. The number of nitrogens with one attached hydrogen (secondary N) is 6. The van der Waals surface area contributed by atoms with Crippen molar-refractivity contribution in [1.29, 1.82) is 0 Å². The van der Waals surface area contributed by atoms with Crippen LogP contribution in [0.1, 0.15) is 72.6 Å². The summed E-state index contributed by atoms with van der Waals surface area (Å²) in [5.41, 5.74) is 10.6. The number of nitrogens with two attached hydrogens (primary N) is 2. The fourth-order valence-electron chi connectivity index (χ4n) is 5.72. The zero-order valence-electron chi connectivity index (χ0n) is 32.2. The summed E-state index contributed by atoms with van der Waals surface area (Å²) in [5, 5.41) is 34.4. The van der Waals surface area contributed by atoms with Gasteiger partial charge < -0.3 is 58.5 Å². The molecule has 0 radical (unpaired) electrons. The maximum absolute atomic E-state index is 13.6. The maximum Gasteiger partial charge on any atom is 0.326 e. The predicted molar refractivity (Wildman–Crippen MR) is 202 cm³/mol. The van der Waals surface area contributed by atoms with E-state index in [0.29, 0.717) is 18.6 Å². The number of carbonyl (C=O) groups is 9. The van der Waals surface area contributed by atoms with Crippen molar-refractivity contribution in [3.63, 3.8) is 0 Å². The van der Waals surface area contributed by atoms with Crippen LogP contribution in [0.5, 0.6) is 0 Å². The molecule has 0 saturated carbocycles. The van der Waals surface area contributed by atoms with Crippen molar-refractivity contribution in [3.05, 3.63) is 0 Å². The largest absolute Gasteiger partial charge is 0.480 e. The third-order valence-electron chi connectivity index (χ3n) is 8.95. The first-order valence-corrected chi connectivity index (χ1v) is 19.7. The van der Waals surface area contributed by atoms with E-state index in [2.05, 4.69) is 31.9 Å². The number of likely N-dealkylation sites (tertiary alicyclic amines) is 1. The zero-order chi connectivity index (χ0) is 41.8. The van der Waals surface area contributed by atoms with Crippen LogP contribution in [0.4, 0.5) is 0 Å². The van der Waals surface area contributed by atoms with Crippen LogP contribution in [0.25, 0.3) is 0 Å². The van der Waals surface area contributed by atoms with Gasteiger partial charge >= 0.3 is 5.97 Å². The number of carboxylic acid groups (broad SMARTS) is 1. The normalized spacial score (nSPS) is 17.1. The van der Waals surface area contributed by atoms with Gasteiger partial charge in [0.15, 0.2) is 0 Å². The van der Waals surface area contributed by atoms with Gasteiger partial charge in [-0.25, -0.2) is 4.79 Å². The number of thioether (sulfide) groups is 1. The third kappa shape index (κ3) is 16.8. The van der Waals surface area contributed by atoms with Crippen LogP contribution in [0.15, 0.2) is 0 Å². The van der Waals surface area contributed by atoms with E-state index in [-0.39, 0.29) is 51.1 Å². The Morgan fingerprint density at radius 3 is 2.02 bits per heavy atom. The van der Waals surface area contributed by atoms with Gasteiger partial charge in [-0.15, -0.1) is 0 Å². The molecule has 7 atom stereocenters. The molecular formula is C34H59N9O11S. The van der Waals surface area contributed by atoms with Crippen molar-refractivity contribution in [2.24, 2.45) is 23.3 Å². The van der Waals surface area contributed by atoms with Gasteiger partial charge in [0.1, 0.15) is 36.3 Å². The second kappa shape index (κ2) is 24.8. The minimum Gasteiger partial charge on any atom is -0.480 e. The lowest BCUT2D eigenvalue weighted by Gasteiger charge is -2.30. The lowest BCUT2D eigenvalue weighted by Crippen LogP contribution is -2.60. The summed E-state index contributed by atoms with van der Waals surface area (Å²) in [6.45, 7) is 5.31. The van der Waals surface area contributed by atoms with E-state index in [1.165, 1.54) is 11.8 Å². The van der Waals surface area contributed by atoms with Crippen molar-refractivity contribution in [3.8, 4) is 0 Å². The summed E-state index contributed by atoms with van der Waals surface area (Å²) in [7, 11) is 0. The Bertz CT molecular complexity index is 1370. The number of amides is 8. The fraction of sp³-hybridized carbons (Fsp3) is 0.735. The lowest BCUT2D eigenvalue weighted by molar-refractivity contribution is -0.143. The average molecular weight is 802 g/mol. The Morgan fingerprint density at radius 1 is 0.836 bits per heavy atom. The molecule has 12 N–H and O–H groups in total. The van der Waals surface area contributed by atoms with Crippen LogP contribution in [0.2, 0.25) is 0 Å². The van der Waals surface area contributed by atoms with Gasteiger partial charge in [-0.2, -0.15) is 11.8 Å². The van der Waals surface area contributed by atoms with Gasteiger partial charge in [0.25, 0.3) is 0 Å². The number of aliphatic carboxylic acids is 1. The van der Waals surface area contributed by atoms with E-state index >= 15 is 0 Å². The molecule has 312 valence electrons. The van der Waals surface area contributed by atoms with Gasteiger partial charge in [0.05, 0.1) is 19.7 Å². The van der Waals surface area contributed by atoms with Crippen molar-refractivity contribution in [1.82, 2.24) is 36.8 Å². The van der Waals surface area contributed by atoms with Crippen molar-refractivity contribution < 1.29 is 53.4 Å². The molecule has 1 aliphatic heterocycles. The second-order valence-corrected chi connectivity index (χ2v) is 14.8. The summed E-state index contributed by atoms with van der Waals surface area (Å²) in [5.74, 6) is -7.25. The van der Waals surface area contributed by atoms with Crippen LogP contribution in [-0.2, 0) is 43.2 Å². The molecule has 0 spiro atoms. The van der Waals surface area contributed by atoms with Gasteiger partial charge in [-0.1, -0.05) is 34.1 Å². The van der Waals surface area contributed by atoms with Crippen LogP contribution in [-0.4, -0.2) is 143 Å². The zero-order valence-corrected chi connectivity index (χ0v) is 33.0. The first kappa shape index (κ1) is 48.5. The Labute approximate surface area is 325 Å². The number of aliphatic hydroxyl groups is 1. The molecule has 0 aromatic heterocycles. The monoisotopic (exact) mass is 801 g/mol. The smallest absolute Gasteiger partial charge is 0.326 e. The number of rotatable bonds is 25. The van der Waals surface area contributed by atoms with Crippen LogP contribution in [0, 0.1) is 11.8 Å².